The molecule has 10 heteroatoms. The van der Waals surface area contributed by atoms with Crippen molar-refractivity contribution in [1.82, 2.24) is 15.1 Å². The monoisotopic (exact) mass is 419 g/mol. The van der Waals surface area contributed by atoms with Crippen molar-refractivity contribution in [3.63, 3.8) is 0 Å². The zero-order valence-corrected chi connectivity index (χ0v) is 16.7. The first-order valence-electron chi connectivity index (χ1n) is 8.70. The Kier molecular flexibility index (Phi) is 8.62. The zero-order chi connectivity index (χ0) is 22.2. The van der Waals surface area contributed by atoms with Gasteiger partial charge < -0.3 is 15.2 Å². The lowest BCUT2D eigenvalue weighted by atomic mass is 9.97. The fourth-order valence-electron chi connectivity index (χ4n) is 2.13. The molecule has 0 unspecified atom stereocenters. The Balaban J connectivity index is 0.000000516. The standard InChI is InChI=1S/C17H24FN3O.C2HF3O2/c1-17(2,3)12-21-16(9-15(20-21)10-19-4)22-11-13-5-7-14(18)8-6-13;3-2(4,5)1(6)7/h5-9,19H,10-12H2,1-4H3;(H,6,7). The lowest BCUT2D eigenvalue weighted by molar-refractivity contribution is -0.192. The predicted octanol–water partition coefficient (Wildman–Crippen LogP) is 4.00. The van der Waals surface area contributed by atoms with Gasteiger partial charge in [-0.05, 0) is 30.2 Å². The molecule has 1 aromatic heterocycles. The average molecular weight is 419 g/mol. The van der Waals surface area contributed by atoms with Gasteiger partial charge in [0.05, 0.1) is 5.69 Å². The third-order valence-electron chi connectivity index (χ3n) is 3.32. The van der Waals surface area contributed by atoms with Crippen molar-refractivity contribution in [1.29, 1.82) is 0 Å². The lowest BCUT2D eigenvalue weighted by Gasteiger charge is -2.19. The minimum Gasteiger partial charge on any atom is -0.475 e. The van der Waals surface area contributed by atoms with Crippen LogP contribution in [0.15, 0.2) is 30.3 Å². The van der Waals surface area contributed by atoms with Gasteiger partial charge in [0.2, 0.25) is 5.88 Å². The normalized spacial score (nSPS) is 11.6. The predicted molar refractivity (Wildman–Crippen MR) is 98.9 cm³/mol. The molecule has 0 bridgehead atoms. The van der Waals surface area contributed by atoms with Crippen LogP contribution < -0.4 is 10.1 Å². The molecule has 0 aliphatic carbocycles. The number of nitrogens with one attached hydrogen (secondary N) is 1. The number of alkyl halides is 3. The van der Waals surface area contributed by atoms with Crippen LogP contribution in [0.3, 0.4) is 0 Å². The smallest absolute Gasteiger partial charge is 0.475 e. The van der Waals surface area contributed by atoms with Crippen LogP contribution in [0.1, 0.15) is 32.0 Å². The maximum absolute atomic E-state index is 12.9. The van der Waals surface area contributed by atoms with Crippen LogP contribution in [0, 0.1) is 11.2 Å². The number of carbonyl (C=O) groups is 1. The summed E-state index contributed by atoms with van der Waals surface area (Å²) >= 11 is 0. The molecule has 0 aliphatic heterocycles. The Hall–Kier alpha value is -2.62. The van der Waals surface area contributed by atoms with Gasteiger partial charge >= 0.3 is 12.1 Å². The van der Waals surface area contributed by atoms with E-state index in [9.17, 15) is 17.6 Å². The summed E-state index contributed by atoms with van der Waals surface area (Å²) in [4.78, 5) is 8.90. The highest BCUT2D eigenvalue weighted by Gasteiger charge is 2.38. The highest BCUT2D eigenvalue weighted by atomic mass is 19.4. The maximum Gasteiger partial charge on any atom is 0.490 e. The van der Waals surface area contributed by atoms with Crippen LogP contribution in [-0.2, 0) is 24.5 Å². The topological polar surface area (TPSA) is 76.4 Å². The Morgan fingerprint density at radius 3 is 2.21 bits per heavy atom. The van der Waals surface area contributed by atoms with Crippen LogP contribution in [-0.4, -0.2) is 34.1 Å². The summed E-state index contributed by atoms with van der Waals surface area (Å²) < 4.78 is 52.4. The molecule has 0 saturated heterocycles. The van der Waals surface area contributed by atoms with E-state index in [4.69, 9.17) is 14.6 Å². The number of halogens is 4. The van der Waals surface area contributed by atoms with E-state index >= 15 is 0 Å². The molecule has 0 atom stereocenters. The molecule has 0 spiro atoms. The molecule has 0 radical (unpaired) electrons. The van der Waals surface area contributed by atoms with E-state index in [2.05, 4.69) is 31.2 Å². The summed E-state index contributed by atoms with van der Waals surface area (Å²) in [5.74, 6) is -2.25. The van der Waals surface area contributed by atoms with E-state index in [1.165, 1.54) is 12.1 Å². The lowest BCUT2D eigenvalue weighted by Crippen LogP contribution is -2.21. The van der Waals surface area contributed by atoms with Gasteiger partial charge in [-0.25, -0.2) is 13.9 Å². The first-order chi connectivity index (χ1) is 13.3. The molecule has 0 fully saturated rings. The molecule has 2 aromatic rings. The van der Waals surface area contributed by atoms with Gasteiger partial charge in [0.15, 0.2) is 0 Å². The molecule has 0 aliphatic rings. The van der Waals surface area contributed by atoms with Crippen molar-refractivity contribution in [3.8, 4) is 5.88 Å². The maximum atomic E-state index is 12.9. The van der Waals surface area contributed by atoms with Crippen molar-refractivity contribution >= 4 is 5.97 Å². The molecule has 162 valence electrons. The van der Waals surface area contributed by atoms with Crippen LogP contribution >= 0.6 is 0 Å². The molecular formula is C19H25F4N3O3. The third kappa shape index (κ3) is 9.42. The van der Waals surface area contributed by atoms with Crippen LogP contribution in [0.25, 0.3) is 0 Å². The van der Waals surface area contributed by atoms with Gasteiger partial charge in [-0.3, -0.25) is 0 Å². The Labute approximate surface area is 166 Å². The van der Waals surface area contributed by atoms with E-state index in [0.29, 0.717) is 13.2 Å². The Morgan fingerprint density at radius 2 is 1.76 bits per heavy atom. The van der Waals surface area contributed by atoms with E-state index in [-0.39, 0.29) is 11.2 Å². The van der Waals surface area contributed by atoms with Gasteiger partial charge in [0, 0.05) is 19.2 Å². The minimum absolute atomic E-state index is 0.108. The second-order valence-electron chi connectivity index (χ2n) is 7.44. The number of hydrogen-bond acceptors (Lipinski definition) is 4. The van der Waals surface area contributed by atoms with Gasteiger partial charge in [-0.1, -0.05) is 32.9 Å². The number of rotatable bonds is 6. The van der Waals surface area contributed by atoms with Crippen LogP contribution in [0.2, 0.25) is 0 Å². The first-order valence-corrected chi connectivity index (χ1v) is 8.70. The van der Waals surface area contributed by atoms with Crippen molar-refractivity contribution in [2.24, 2.45) is 5.41 Å². The van der Waals surface area contributed by atoms with Gasteiger partial charge in [-0.15, -0.1) is 0 Å². The third-order valence-corrected chi connectivity index (χ3v) is 3.32. The van der Waals surface area contributed by atoms with E-state index in [1.54, 1.807) is 12.1 Å². The molecule has 29 heavy (non-hydrogen) atoms. The van der Waals surface area contributed by atoms with Crippen molar-refractivity contribution < 1.29 is 32.2 Å². The molecule has 1 aromatic carbocycles. The van der Waals surface area contributed by atoms with Crippen molar-refractivity contribution in [2.75, 3.05) is 7.05 Å². The number of hydrogen-bond donors (Lipinski definition) is 2. The summed E-state index contributed by atoms with van der Waals surface area (Å²) in [6, 6.07) is 8.30. The van der Waals surface area contributed by atoms with E-state index in [0.717, 1.165) is 23.7 Å². The number of aromatic nitrogens is 2. The Bertz CT molecular complexity index is 781. The summed E-state index contributed by atoms with van der Waals surface area (Å²) in [5, 5.41) is 14.8. The fourth-order valence-corrected chi connectivity index (χ4v) is 2.13. The number of carboxylic acid groups (broad SMARTS) is 1. The highest BCUT2D eigenvalue weighted by Crippen LogP contribution is 2.22. The number of carboxylic acids is 1. The van der Waals surface area contributed by atoms with Crippen LogP contribution in [0.5, 0.6) is 5.88 Å². The summed E-state index contributed by atoms with van der Waals surface area (Å²) in [5.41, 5.74) is 1.98. The molecule has 2 rings (SSSR count). The average Bonchev–Trinajstić information content (AvgIpc) is 2.94. The van der Waals surface area contributed by atoms with Gasteiger partial charge in [-0.2, -0.15) is 18.3 Å². The molecule has 1 heterocycles. The quantitative estimate of drug-likeness (QED) is 0.693. The summed E-state index contributed by atoms with van der Waals surface area (Å²) in [6.45, 7) is 8.36. The first kappa shape index (κ1) is 24.4. The Morgan fingerprint density at radius 1 is 1.21 bits per heavy atom. The molecular weight excluding hydrogens is 394 g/mol. The van der Waals surface area contributed by atoms with Crippen molar-refractivity contribution in [3.05, 3.63) is 47.4 Å². The van der Waals surface area contributed by atoms with Gasteiger partial charge in [0.25, 0.3) is 0 Å². The number of nitrogens with zero attached hydrogens (tertiary/aromatic N) is 2. The van der Waals surface area contributed by atoms with Crippen LogP contribution in [0.4, 0.5) is 17.6 Å². The summed E-state index contributed by atoms with van der Waals surface area (Å²) in [7, 11) is 1.89. The molecule has 6 nitrogen and oxygen atoms in total. The molecule has 0 amide bonds. The number of aliphatic carboxylic acids is 1. The zero-order valence-electron chi connectivity index (χ0n) is 16.7. The number of ether oxygens (including phenoxy) is 1. The number of benzene rings is 1. The fraction of sp³-hybridized carbons (Fsp3) is 0.474. The van der Waals surface area contributed by atoms with E-state index < -0.39 is 12.1 Å². The molecule has 2 N–H and O–H groups in total. The highest BCUT2D eigenvalue weighted by molar-refractivity contribution is 5.73. The second-order valence-corrected chi connectivity index (χ2v) is 7.44. The second kappa shape index (κ2) is 10.2. The van der Waals surface area contributed by atoms with Crippen molar-refractivity contribution in [2.45, 2.75) is 46.6 Å². The van der Waals surface area contributed by atoms with E-state index in [1.807, 2.05) is 17.8 Å². The largest absolute Gasteiger partial charge is 0.490 e. The SMILES string of the molecule is CNCc1cc(OCc2ccc(F)cc2)n(CC(C)(C)C)n1.O=C(O)C(F)(F)F. The van der Waals surface area contributed by atoms with Gasteiger partial charge in [0.1, 0.15) is 12.4 Å². The molecule has 0 saturated carbocycles. The minimum atomic E-state index is -5.08. The summed E-state index contributed by atoms with van der Waals surface area (Å²) in [6.07, 6.45) is -5.08.